The highest BCUT2D eigenvalue weighted by Gasteiger charge is 2.14. The van der Waals surface area contributed by atoms with Gasteiger partial charge in [0.05, 0.1) is 6.61 Å². The highest BCUT2D eigenvalue weighted by Crippen LogP contribution is 2.14. The zero-order chi connectivity index (χ0) is 16.7. The van der Waals surface area contributed by atoms with Gasteiger partial charge in [0.25, 0.3) is 0 Å². The summed E-state index contributed by atoms with van der Waals surface area (Å²) in [6.07, 6.45) is 1.19. The molecule has 0 aliphatic rings. The van der Waals surface area contributed by atoms with E-state index in [1.54, 1.807) is 19.1 Å². The number of ether oxygens (including phenoxy) is 1. The summed E-state index contributed by atoms with van der Waals surface area (Å²) in [6.45, 7) is 1.90. The molecule has 23 heavy (non-hydrogen) atoms. The van der Waals surface area contributed by atoms with Gasteiger partial charge in [-0.05, 0) is 43.3 Å². The number of aromatic hydroxyl groups is 1. The number of benzene rings is 2. The molecular formula is C18H17NO4. The Morgan fingerprint density at radius 3 is 2.35 bits per heavy atom. The van der Waals surface area contributed by atoms with E-state index in [1.165, 1.54) is 30.3 Å². The topological polar surface area (TPSA) is 75.6 Å². The van der Waals surface area contributed by atoms with E-state index in [2.05, 4.69) is 5.32 Å². The number of para-hydroxylation sites is 1. The summed E-state index contributed by atoms with van der Waals surface area (Å²) in [5.41, 5.74) is 1.08. The molecule has 2 rings (SSSR count). The Balaban J connectivity index is 2.26. The van der Waals surface area contributed by atoms with Crippen LogP contribution in [0.4, 0.5) is 5.69 Å². The predicted molar refractivity (Wildman–Crippen MR) is 87.2 cm³/mol. The summed E-state index contributed by atoms with van der Waals surface area (Å²) in [5.74, 6) is -0.904. The van der Waals surface area contributed by atoms with Crippen LogP contribution in [0.25, 0.3) is 0 Å². The Morgan fingerprint density at radius 1 is 1.09 bits per heavy atom. The molecule has 2 aromatic carbocycles. The van der Waals surface area contributed by atoms with Crippen LogP contribution in [0.3, 0.4) is 0 Å². The first-order valence-electron chi connectivity index (χ1n) is 7.14. The van der Waals surface area contributed by atoms with Crippen molar-refractivity contribution in [3.63, 3.8) is 0 Å². The van der Waals surface area contributed by atoms with E-state index in [4.69, 9.17) is 4.74 Å². The van der Waals surface area contributed by atoms with Gasteiger partial charge in [0.15, 0.2) is 5.78 Å². The van der Waals surface area contributed by atoms with Crippen LogP contribution in [0.1, 0.15) is 17.3 Å². The zero-order valence-corrected chi connectivity index (χ0v) is 12.7. The molecule has 0 atom stereocenters. The number of esters is 1. The summed E-state index contributed by atoms with van der Waals surface area (Å²) in [7, 11) is 0. The molecule has 5 heteroatoms. The fourth-order valence-corrected chi connectivity index (χ4v) is 1.87. The molecule has 0 heterocycles. The molecule has 0 saturated carbocycles. The third-order valence-electron chi connectivity index (χ3n) is 2.98. The normalized spacial score (nSPS) is 10.9. The smallest absolute Gasteiger partial charge is 0.354 e. The molecule has 0 spiro atoms. The molecule has 0 unspecified atom stereocenters. The summed E-state index contributed by atoms with van der Waals surface area (Å²) in [4.78, 5) is 24.3. The summed E-state index contributed by atoms with van der Waals surface area (Å²) in [5, 5.41) is 12.2. The van der Waals surface area contributed by atoms with Gasteiger partial charge in [-0.25, -0.2) is 4.79 Å². The van der Waals surface area contributed by atoms with Gasteiger partial charge in [-0.2, -0.15) is 0 Å². The van der Waals surface area contributed by atoms with Gasteiger partial charge in [0.2, 0.25) is 0 Å². The van der Waals surface area contributed by atoms with Crippen molar-refractivity contribution in [3.05, 3.63) is 71.9 Å². The second-order valence-electron chi connectivity index (χ2n) is 4.68. The number of rotatable bonds is 6. The second kappa shape index (κ2) is 7.79. The Hall–Kier alpha value is -3.08. The van der Waals surface area contributed by atoms with Gasteiger partial charge in [-0.3, -0.25) is 4.79 Å². The lowest BCUT2D eigenvalue weighted by Crippen LogP contribution is -2.16. The van der Waals surface area contributed by atoms with Crippen LogP contribution >= 0.6 is 0 Å². The average molecular weight is 311 g/mol. The third-order valence-corrected chi connectivity index (χ3v) is 2.98. The van der Waals surface area contributed by atoms with Crippen LogP contribution in [0, 0.1) is 0 Å². The maximum absolute atomic E-state index is 12.3. The number of phenolic OH excluding ortho intramolecular Hbond substituents is 1. The molecule has 0 amide bonds. The van der Waals surface area contributed by atoms with Crippen molar-refractivity contribution in [1.29, 1.82) is 0 Å². The SMILES string of the molecule is CCOC(=O)/C(=C/C(=O)c1ccc(O)cc1)Nc1ccccc1. The average Bonchev–Trinajstić information content (AvgIpc) is 2.56. The van der Waals surface area contributed by atoms with E-state index < -0.39 is 5.97 Å². The van der Waals surface area contributed by atoms with E-state index in [0.717, 1.165) is 0 Å². The number of ketones is 1. The van der Waals surface area contributed by atoms with Crippen molar-refractivity contribution in [3.8, 4) is 5.75 Å². The molecular weight excluding hydrogens is 294 g/mol. The summed E-state index contributed by atoms with van der Waals surface area (Å²) in [6, 6.07) is 14.8. The number of carbonyl (C=O) groups is 2. The monoisotopic (exact) mass is 311 g/mol. The minimum absolute atomic E-state index is 0.0520. The van der Waals surface area contributed by atoms with E-state index >= 15 is 0 Å². The van der Waals surface area contributed by atoms with Crippen molar-refractivity contribution in [2.24, 2.45) is 0 Å². The largest absolute Gasteiger partial charge is 0.508 e. The zero-order valence-electron chi connectivity index (χ0n) is 12.7. The van der Waals surface area contributed by atoms with Crippen molar-refractivity contribution in [1.82, 2.24) is 0 Å². The van der Waals surface area contributed by atoms with Crippen LogP contribution in [0.15, 0.2) is 66.4 Å². The lowest BCUT2D eigenvalue weighted by Gasteiger charge is -2.10. The summed E-state index contributed by atoms with van der Waals surface area (Å²) >= 11 is 0. The Bertz CT molecular complexity index is 706. The van der Waals surface area contributed by atoms with Gasteiger partial charge in [0, 0.05) is 17.3 Å². The number of anilines is 1. The molecule has 0 fully saturated rings. The van der Waals surface area contributed by atoms with Crippen LogP contribution in [0.5, 0.6) is 5.75 Å². The number of carbonyl (C=O) groups excluding carboxylic acids is 2. The molecule has 0 aromatic heterocycles. The van der Waals surface area contributed by atoms with Crippen LogP contribution in [0.2, 0.25) is 0 Å². The van der Waals surface area contributed by atoms with Crippen molar-refractivity contribution in [2.75, 3.05) is 11.9 Å². The van der Waals surface area contributed by atoms with Crippen LogP contribution in [-0.2, 0) is 9.53 Å². The van der Waals surface area contributed by atoms with E-state index in [1.807, 2.05) is 18.2 Å². The molecule has 5 nitrogen and oxygen atoms in total. The molecule has 118 valence electrons. The standard InChI is InChI=1S/C18H17NO4/c1-2-23-18(22)16(19-14-6-4-3-5-7-14)12-17(21)13-8-10-15(20)11-9-13/h3-12,19-20H,2H2,1H3/b16-12-. The van der Waals surface area contributed by atoms with Crippen LogP contribution in [-0.4, -0.2) is 23.5 Å². The van der Waals surface area contributed by atoms with Crippen molar-refractivity contribution >= 4 is 17.4 Å². The number of hydrogen-bond acceptors (Lipinski definition) is 5. The number of nitrogens with one attached hydrogen (secondary N) is 1. The maximum Gasteiger partial charge on any atom is 0.354 e. The van der Waals surface area contributed by atoms with Gasteiger partial charge in [0.1, 0.15) is 11.4 Å². The Morgan fingerprint density at radius 2 is 1.74 bits per heavy atom. The first kappa shape index (κ1) is 16.3. The predicted octanol–water partition coefficient (Wildman–Crippen LogP) is 3.13. The number of allylic oxidation sites excluding steroid dienone is 1. The molecule has 0 aliphatic heterocycles. The van der Waals surface area contributed by atoms with Gasteiger partial charge in [-0.1, -0.05) is 18.2 Å². The van der Waals surface area contributed by atoms with E-state index in [0.29, 0.717) is 11.3 Å². The molecule has 2 aromatic rings. The minimum atomic E-state index is -0.608. The fourth-order valence-electron chi connectivity index (χ4n) is 1.87. The lowest BCUT2D eigenvalue weighted by atomic mass is 10.1. The first-order chi connectivity index (χ1) is 11.1. The minimum Gasteiger partial charge on any atom is -0.508 e. The Labute approximate surface area is 134 Å². The fraction of sp³-hybridized carbons (Fsp3) is 0.111. The quantitative estimate of drug-likeness (QED) is 0.487. The first-order valence-corrected chi connectivity index (χ1v) is 7.14. The highest BCUT2D eigenvalue weighted by molar-refractivity contribution is 6.09. The van der Waals surface area contributed by atoms with Gasteiger partial charge >= 0.3 is 5.97 Å². The van der Waals surface area contributed by atoms with E-state index in [-0.39, 0.29) is 23.8 Å². The summed E-state index contributed by atoms with van der Waals surface area (Å²) < 4.78 is 4.97. The van der Waals surface area contributed by atoms with E-state index in [9.17, 15) is 14.7 Å². The van der Waals surface area contributed by atoms with Gasteiger partial charge in [-0.15, -0.1) is 0 Å². The third kappa shape index (κ3) is 4.71. The second-order valence-corrected chi connectivity index (χ2v) is 4.68. The molecule has 0 aliphatic carbocycles. The highest BCUT2D eigenvalue weighted by atomic mass is 16.5. The number of hydrogen-bond donors (Lipinski definition) is 2. The van der Waals surface area contributed by atoms with Crippen LogP contribution < -0.4 is 5.32 Å². The number of phenols is 1. The molecule has 0 saturated heterocycles. The molecule has 0 radical (unpaired) electrons. The van der Waals surface area contributed by atoms with Gasteiger partial charge < -0.3 is 15.2 Å². The molecule has 0 bridgehead atoms. The lowest BCUT2D eigenvalue weighted by molar-refractivity contribution is -0.138. The Kier molecular flexibility index (Phi) is 5.52. The maximum atomic E-state index is 12.3. The molecule has 2 N–H and O–H groups in total. The van der Waals surface area contributed by atoms with Crippen molar-refractivity contribution < 1.29 is 19.4 Å². The van der Waals surface area contributed by atoms with Crippen molar-refractivity contribution in [2.45, 2.75) is 6.92 Å².